The molecule has 0 spiro atoms. The zero-order chi connectivity index (χ0) is 18.8. The first-order chi connectivity index (χ1) is 11.8. The Labute approximate surface area is 148 Å². The maximum absolute atomic E-state index is 12.0. The molecule has 0 heterocycles. The van der Waals surface area contributed by atoms with Crippen LogP contribution in [0.3, 0.4) is 0 Å². The highest BCUT2D eigenvalue weighted by molar-refractivity contribution is 5.93. The molecule has 7 nitrogen and oxygen atoms in total. The molecule has 7 heteroatoms. The van der Waals surface area contributed by atoms with Crippen molar-refractivity contribution < 1.29 is 24.0 Å². The van der Waals surface area contributed by atoms with E-state index in [1.165, 1.54) is 0 Å². The van der Waals surface area contributed by atoms with Gasteiger partial charge in [-0.25, -0.2) is 4.79 Å². The normalized spacial score (nSPS) is 11.7. The standard InChI is InChI=1S/C18H27N3O4/c1-5-10-25-18(24)14-6-8-15(9-7-14)20-17(23)12-21(4)11-16(22)19-13(2)3/h6-9,13H,5,10-12H2,1-4H3,(H,19,22)(H,20,23)/p+1. The van der Waals surface area contributed by atoms with Crippen LogP contribution in [0.5, 0.6) is 0 Å². The second kappa shape index (κ2) is 10.5. The van der Waals surface area contributed by atoms with Crippen molar-refractivity contribution in [1.29, 1.82) is 0 Å². The van der Waals surface area contributed by atoms with E-state index in [9.17, 15) is 14.4 Å². The Morgan fingerprint density at radius 3 is 2.24 bits per heavy atom. The molecule has 138 valence electrons. The van der Waals surface area contributed by atoms with Crippen molar-refractivity contribution in [2.75, 3.05) is 32.1 Å². The smallest absolute Gasteiger partial charge is 0.338 e. The highest BCUT2D eigenvalue weighted by Gasteiger charge is 2.15. The van der Waals surface area contributed by atoms with Gasteiger partial charge < -0.3 is 20.3 Å². The zero-order valence-corrected chi connectivity index (χ0v) is 15.3. The molecule has 0 radical (unpaired) electrons. The van der Waals surface area contributed by atoms with Gasteiger partial charge >= 0.3 is 5.97 Å². The first-order valence-corrected chi connectivity index (χ1v) is 8.49. The summed E-state index contributed by atoms with van der Waals surface area (Å²) in [5.41, 5.74) is 1.04. The van der Waals surface area contributed by atoms with Crippen molar-refractivity contribution in [2.45, 2.75) is 33.2 Å². The second-order valence-electron chi connectivity index (χ2n) is 6.29. The molecular formula is C18H28N3O4+. The number of hydrogen-bond acceptors (Lipinski definition) is 4. The fraction of sp³-hybridized carbons (Fsp3) is 0.500. The molecule has 2 amide bonds. The van der Waals surface area contributed by atoms with Gasteiger partial charge in [-0.1, -0.05) is 6.92 Å². The number of carbonyl (C=O) groups excluding carboxylic acids is 3. The van der Waals surface area contributed by atoms with E-state index in [1.54, 1.807) is 31.3 Å². The molecule has 1 aromatic carbocycles. The number of quaternary nitrogens is 1. The van der Waals surface area contributed by atoms with Crippen LogP contribution in [0, 0.1) is 0 Å². The van der Waals surface area contributed by atoms with E-state index in [2.05, 4.69) is 10.6 Å². The predicted octanol–water partition coefficient (Wildman–Crippen LogP) is 0.231. The Morgan fingerprint density at radius 1 is 1.08 bits per heavy atom. The van der Waals surface area contributed by atoms with Gasteiger partial charge in [-0.2, -0.15) is 0 Å². The van der Waals surface area contributed by atoms with E-state index in [1.807, 2.05) is 20.8 Å². The number of amides is 2. The van der Waals surface area contributed by atoms with E-state index in [0.717, 1.165) is 11.3 Å². The van der Waals surface area contributed by atoms with Gasteiger partial charge in [-0.15, -0.1) is 0 Å². The van der Waals surface area contributed by atoms with Crippen LogP contribution in [0.15, 0.2) is 24.3 Å². The lowest BCUT2D eigenvalue weighted by Crippen LogP contribution is -3.11. The summed E-state index contributed by atoms with van der Waals surface area (Å²) >= 11 is 0. The molecule has 1 rings (SSSR count). The summed E-state index contributed by atoms with van der Waals surface area (Å²) < 4.78 is 5.05. The Kier molecular flexibility index (Phi) is 8.63. The molecule has 0 aromatic heterocycles. The van der Waals surface area contributed by atoms with Gasteiger partial charge in [0.1, 0.15) is 0 Å². The van der Waals surface area contributed by atoms with E-state index >= 15 is 0 Å². The maximum Gasteiger partial charge on any atom is 0.338 e. The van der Waals surface area contributed by atoms with Gasteiger partial charge in [0.2, 0.25) is 0 Å². The number of esters is 1. The van der Waals surface area contributed by atoms with Crippen molar-refractivity contribution in [3.8, 4) is 0 Å². The first kappa shape index (κ1) is 20.6. The van der Waals surface area contributed by atoms with Crippen LogP contribution in [0.4, 0.5) is 5.69 Å². The third-order valence-corrected chi connectivity index (χ3v) is 3.22. The van der Waals surface area contributed by atoms with Crippen LogP contribution in [0.2, 0.25) is 0 Å². The van der Waals surface area contributed by atoms with Crippen LogP contribution >= 0.6 is 0 Å². The molecule has 1 aromatic rings. The van der Waals surface area contributed by atoms with Crippen LogP contribution in [0.25, 0.3) is 0 Å². The number of benzene rings is 1. The molecule has 1 unspecified atom stereocenters. The monoisotopic (exact) mass is 350 g/mol. The fourth-order valence-corrected chi connectivity index (χ4v) is 2.16. The van der Waals surface area contributed by atoms with E-state index < -0.39 is 0 Å². The van der Waals surface area contributed by atoms with Gasteiger partial charge in [0.25, 0.3) is 11.8 Å². The van der Waals surface area contributed by atoms with Gasteiger partial charge in [0, 0.05) is 11.7 Å². The lowest BCUT2D eigenvalue weighted by molar-refractivity contribution is -0.862. The van der Waals surface area contributed by atoms with E-state index in [-0.39, 0.29) is 36.9 Å². The lowest BCUT2D eigenvalue weighted by Gasteiger charge is -2.15. The highest BCUT2D eigenvalue weighted by Crippen LogP contribution is 2.10. The van der Waals surface area contributed by atoms with Crippen molar-refractivity contribution in [3.63, 3.8) is 0 Å². The number of anilines is 1. The number of hydrogen-bond donors (Lipinski definition) is 3. The number of ether oxygens (including phenoxy) is 1. The van der Waals surface area contributed by atoms with Gasteiger partial charge in [0.15, 0.2) is 13.1 Å². The third-order valence-electron chi connectivity index (χ3n) is 3.22. The number of likely N-dealkylation sites (N-methyl/N-ethyl adjacent to an activating group) is 1. The van der Waals surface area contributed by atoms with Gasteiger partial charge in [0.05, 0.1) is 19.2 Å². The molecular weight excluding hydrogens is 322 g/mol. The summed E-state index contributed by atoms with van der Waals surface area (Å²) in [6.45, 7) is 6.50. The second-order valence-corrected chi connectivity index (χ2v) is 6.29. The predicted molar refractivity (Wildman–Crippen MR) is 95.5 cm³/mol. The Balaban J connectivity index is 2.46. The Hall–Kier alpha value is -2.41. The first-order valence-electron chi connectivity index (χ1n) is 8.49. The summed E-state index contributed by atoms with van der Waals surface area (Å²) in [6, 6.07) is 6.61. The summed E-state index contributed by atoms with van der Waals surface area (Å²) in [5, 5.41) is 5.55. The highest BCUT2D eigenvalue weighted by atomic mass is 16.5. The quantitative estimate of drug-likeness (QED) is 0.556. The average Bonchev–Trinajstić information content (AvgIpc) is 2.51. The molecule has 25 heavy (non-hydrogen) atoms. The minimum absolute atomic E-state index is 0.0802. The van der Waals surface area contributed by atoms with Crippen LogP contribution < -0.4 is 15.5 Å². The molecule has 0 aliphatic rings. The zero-order valence-electron chi connectivity index (χ0n) is 15.3. The van der Waals surface area contributed by atoms with E-state index in [4.69, 9.17) is 4.74 Å². The topological polar surface area (TPSA) is 88.9 Å². The fourth-order valence-electron chi connectivity index (χ4n) is 2.16. The summed E-state index contributed by atoms with van der Waals surface area (Å²) in [6.07, 6.45) is 0.769. The number of carbonyl (C=O) groups is 3. The Morgan fingerprint density at radius 2 is 1.68 bits per heavy atom. The summed E-state index contributed by atoms with van der Waals surface area (Å²) in [4.78, 5) is 36.2. The summed E-state index contributed by atoms with van der Waals surface area (Å²) in [7, 11) is 1.78. The lowest BCUT2D eigenvalue weighted by atomic mass is 10.2. The average molecular weight is 350 g/mol. The molecule has 0 aliphatic carbocycles. The molecule has 1 atom stereocenters. The summed E-state index contributed by atoms with van der Waals surface area (Å²) in [5.74, 6) is -0.661. The number of nitrogens with one attached hydrogen (secondary N) is 3. The SMILES string of the molecule is CCCOC(=O)c1ccc(NC(=O)C[NH+](C)CC(=O)NC(C)C)cc1. The van der Waals surface area contributed by atoms with Crippen molar-refractivity contribution >= 4 is 23.5 Å². The largest absolute Gasteiger partial charge is 0.462 e. The number of rotatable bonds is 9. The molecule has 0 fully saturated rings. The molecule has 0 bridgehead atoms. The van der Waals surface area contributed by atoms with Crippen molar-refractivity contribution in [3.05, 3.63) is 29.8 Å². The molecule has 3 N–H and O–H groups in total. The Bertz CT molecular complexity index is 584. The maximum atomic E-state index is 12.0. The molecule has 0 aliphatic heterocycles. The van der Waals surface area contributed by atoms with Crippen LogP contribution in [-0.2, 0) is 14.3 Å². The van der Waals surface area contributed by atoms with Gasteiger partial charge in [-0.3, -0.25) is 9.59 Å². The molecule has 0 saturated carbocycles. The van der Waals surface area contributed by atoms with Crippen LogP contribution in [0.1, 0.15) is 37.6 Å². The van der Waals surface area contributed by atoms with Gasteiger partial charge in [-0.05, 0) is 44.5 Å². The minimum Gasteiger partial charge on any atom is -0.462 e. The minimum atomic E-state index is -0.375. The van der Waals surface area contributed by atoms with Crippen molar-refractivity contribution in [2.24, 2.45) is 0 Å². The third kappa shape index (κ3) is 8.30. The van der Waals surface area contributed by atoms with Crippen LogP contribution in [-0.4, -0.2) is 50.6 Å². The van der Waals surface area contributed by atoms with E-state index in [0.29, 0.717) is 17.9 Å². The van der Waals surface area contributed by atoms with Crippen molar-refractivity contribution in [1.82, 2.24) is 5.32 Å². The molecule has 0 saturated heterocycles.